The summed E-state index contributed by atoms with van der Waals surface area (Å²) >= 11 is 0. The fourth-order valence-electron chi connectivity index (χ4n) is 2.44. The molecule has 0 N–H and O–H groups in total. The zero-order valence-corrected chi connectivity index (χ0v) is 14.7. The number of carbonyl (C=O) groups excluding carboxylic acids is 2. The van der Waals surface area contributed by atoms with E-state index in [0.717, 1.165) is 11.3 Å². The Morgan fingerprint density at radius 1 is 1.25 bits per heavy atom. The van der Waals surface area contributed by atoms with Crippen molar-refractivity contribution in [2.45, 2.75) is 19.9 Å². The number of fused-ring (bicyclic) bond motifs is 1. The number of imidazole rings is 1. The van der Waals surface area contributed by atoms with Gasteiger partial charge in [-0.3, -0.25) is 9.59 Å². The van der Waals surface area contributed by atoms with Gasteiger partial charge in [0.15, 0.2) is 5.69 Å². The highest BCUT2D eigenvalue weighted by Crippen LogP contribution is 2.16. The van der Waals surface area contributed by atoms with Gasteiger partial charge in [-0.2, -0.15) is 0 Å². The van der Waals surface area contributed by atoms with Gasteiger partial charge in [0.25, 0.3) is 5.91 Å². The van der Waals surface area contributed by atoms with E-state index >= 15 is 0 Å². The molecule has 0 aromatic carbocycles. The van der Waals surface area contributed by atoms with E-state index in [1.165, 1.54) is 4.90 Å². The van der Waals surface area contributed by atoms with E-state index in [-0.39, 0.29) is 18.3 Å². The van der Waals surface area contributed by atoms with Gasteiger partial charge in [0.2, 0.25) is 0 Å². The number of carbonyl (C=O) groups is 2. The molecule has 0 saturated carbocycles. The summed E-state index contributed by atoms with van der Waals surface area (Å²) in [5.74, 6) is -0.500. The van der Waals surface area contributed by atoms with Crippen LogP contribution in [0, 0.1) is 0 Å². The first-order valence-electron chi connectivity index (χ1n) is 7.95. The van der Waals surface area contributed by atoms with Crippen LogP contribution in [-0.4, -0.2) is 65.4 Å². The molecule has 0 aliphatic carbocycles. The topological polar surface area (TPSA) is 67.1 Å². The van der Waals surface area contributed by atoms with Crippen molar-refractivity contribution in [2.75, 3.05) is 34.3 Å². The Morgan fingerprint density at radius 2 is 2.00 bits per heavy atom. The van der Waals surface area contributed by atoms with Gasteiger partial charge < -0.3 is 18.9 Å². The van der Waals surface area contributed by atoms with Gasteiger partial charge in [0, 0.05) is 26.3 Å². The number of esters is 1. The lowest BCUT2D eigenvalue weighted by molar-refractivity contribution is -0.143. The van der Waals surface area contributed by atoms with Gasteiger partial charge in [-0.1, -0.05) is 6.07 Å². The van der Waals surface area contributed by atoms with Crippen molar-refractivity contribution in [3.8, 4) is 0 Å². The van der Waals surface area contributed by atoms with Crippen LogP contribution in [0.4, 0.5) is 0 Å². The van der Waals surface area contributed by atoms with E-state index in [2.05, 4.69) is 4.98 Å². The molecule has 0 atom stereocenters. The minimum absolute atomic E-state index is 0.173. The van der Waals surface area contributed by atoms with Crippen molar-refractivity contribution in [3.05, 3.63) is 35.8 Å². The SMILES string of the molecule is CCOC(=O)CCN(C)C(=O)c1nc2ccccn2c1CN(C)C. The van der Waals surface area contributed by atoms with E-state index in [1.807, 2.05) is 47.8 Å². The maximum absolute atomic E-state index is 12.8. The molecule has 0 fully saturated rings. The molecule has 1 amide bonds. The average molecular weight is 332 g/mol. The van der Waals surface area contributed by atoms with Crippen LogP contribution in [0.2, 0.25) is 0 Å². The standard InChI is InChI=1S/C17H24N4O3/c1-5-24-15(22)9-11-20(4)17(23)16-13(12-19(2)3)21-10-7-6-8-14(21)18-16/h6-8,10H,5,9,11-12H2,1-4H3. The molecular formula is C17H24N4O3. The molecule has 0 bridgehead atoms. The predicted molar refractivity (Wildman–Crippen MR) is 90.8 cm³/mol. The minimum atomic E-state index is -0.305. The second-order valence-electron chi connectivity index (χ2n) is 5.86. The van der Waals surface area contributed by atoms with E-state index in [1.54, 1.807) is 14.0 Å². The molecular weight excluding hydrogens is 308 g/mol. The monoisotopic (exact) mass is 332 g/mol. The van der Waals surface area contributed by atoms with E-state index in [0.29, 0.717) is 25.4 Å². The van der Waals surface area contributed by atoms with Crippen LogP contribution in [0.3, 0.4) is 0 Å². The summed E-state index contributed by atoms with van der Waals surface area (Å²) in [5, 5.41) is 0. The summed E-state index contributed by atoms with van der Waals surface area (Å²) in [6.07, 6.45) is 2.07. The third kappa shape index (κ3) is 4.11. The van der Waals surface area contributed by atoms with Crippen LogP contribution in [-0.2, 0) is 16.1 Å². The maximum Gasteiger partial charge on any atom is 0.307 e. The van der Waals surface area contributed by atoms with Gasteiger partial charge in [-0.25, -0.2) is 4.98 Å². The molecule has 2 aromatic heterocycles. The number of hydrogen-bond acceptors (Lipinski definition) is 5. The normalized spacial score (nSPS) is 11.0. The first-order chi connectivity index (χ1) is 11.4. The summed E-state index contributed by atoms with van der Waals surface area (Å²) in [7, 11) is 5.56. The molecule has 2 heterocycles. The zero-order valence-electron chi connectivity index (χ0n) is 14.7. The molecule has 24 heavy (non-hydrogen) atoms. The Morgan fingerprint density at radius 3 is 2.67 bits per heavy atom. The molecule has 0 aliphatic heterocycles. The molecule has 0 saturated heterocycles. The van der Waals surface area contributed by atoms with Crippen LogP contribution >= 0.6 is 0 Å². The first kappa shape index (κ1) is 17.9. The predicted octanol–water partition coefficient (Wildman–Crippen LogP) is 1.42. The summed E-state index contributed by atoms with van der Waals surface area (Å²) in [6.45, 7) is 3.00. The number of aromatic nitrogens is 2. The summed E-state index contributed by atoms with van der Waals surface area (Å²) in [4.78, 5) is 32.2. The number of nitrogens with zero attached hydrogens (tertiary/aromatic N) is 4. The third-order valence-corrected chi connectivity index (χ3v) is 3.60. The van der Waals surface area contributed by atoms with Crippen molar-refractivity contribution in [2.24, 2.45) is 0 Å². The fourth-order valence-corrected chi connectivity index (χ4v) is 2.44. The Labute approximate surface area is 141 Å². The summed E-state index contributed by atoms with van der Waals surface area (Å²) in [6, 6.07) is 5.67. The Kier molecular flexibility index (Phi) is 5.92. The quantitative estimate of drug-likeness (QED) is 0.718. The lowest BCUT2D eigenvalue weighted by Gasteiger charge is -2.17. The highest BCUT2D eigenvalue weighted by molar-refractivity contribution is 5.94. The molecule has 130 valence electrons. The van der Waals surface area contributed by atoms with Crippen molar-refractivity contribution >= 4 is 17.5 Å². The third-order valence-electron chi connectivity index (χ3n) is 3.60. The second-order valence-corrected chi connectivity index (χ2v) is 5.86. The molecule has 2 aromatic rings. The average Bonchev–Trinajstić information content (AvgIpc) is 2.90. The minimum Gasteiger partial charge on any atom is -0.466 e. The lowest BCUT2D eigenvalue weighted by Crippen LogP contribution is -2.31. The molecule has 0 radical (unpaired) electrons. The van der Waals surface area contributed by atoms with Gasteiger partial charge >= 0.3 is 5.97 Å². The van der Waals surface area contributed by atoms with E-state index in [4.69, 9.17) is 4.74 Å². The number of ether oxygens (including phenoxy) is 1. The molecule has 0 unspecified atom stereocenters. The van der Waals surface area contributed by atoms with E-state index in [9.17, 15) is 9.59 Å². The highest BCUT2D eigenvalue weighted by Gasteiger charge is 2.22. The number of amides is 1. The number of pyridine rings is 1. The largest absolute Gasteiger partial charge is 0.466 e. The molecule has 0 aliphatic rings. The van der Waals surface area contributed by atoms with Crippen LogP contribution in [0.15, 0.2) is 24.4 Å². The number of rotatable bonds is 7. The molecule has 7 heteroatoms. The van der Waals surface area contributed by atoms with Crippen LogP contribution in [0.1, 0.15) is 29.5 Å². The van der Waals surface area contributed by atoms with E-state index < -0.39 is 0 Å². The molecule has 2 rings (SSSR count). The van der Waals surface area contributed by atoms with Gasteiger partial charge in [0.05, 0.1) is 18.7 Å². The number of hydrogen-bond donors (Lipinski definition) is 0. The fraction of sp³-hybridized carbons (Fsp3) is 0.471. The first-order valence-corrected chi connectivity index (χ1v) is 7.95. The molecule has 7 nitrogen and oxygen atoms in total. The van der Waals surface area contributed by atoms with Crippen molar-refractivity contribution < 1.29 is 14.3 Å². The maximum atomic E-state index is 12.8. The second kappa shape index (κ2) is 7.92. The van der Waals surface area contributed by atoms with Crippen LogP contribution in [0.5, 0.6) is 0 Å². The summed E-state index contributed by atoms with van der Waals surface area (Å²) in [5.41, 5.74) is 1.99. The summed E-state index contributed by atoms with van der Waals surface area (Å²) < 4.78 is 6.82. The van der Waals surface area contributed by atoms with Crippen LogP contribution in [0.25, 0.3) is 5.65 Å². The Hall–Kier alpha value is -2.41. The smallest absolute Gasteiger partial charge is 0.307 e. The van der Waals surface area contributed by atoms with Gasteiger partial charge in [-0.15, -0.1) is 0 Å². The molecule has 0 spiro atoms. The zero-order chi connectivity index (χ0) is 17.7. The van der Waals surface area contributed by atoms with Gasteiger partial charge in [0.1, 0.15) is 5.65 Å². The van der Waals surface area contributed by atoms with Gasteiger partial charge in [-0.05, 0) is 33.2 Å². The lowest BCUT2D eigenvalue weighted by atomic mass is 10.2. The van der Waals surface area contributed by atoms with Crippen molar-refractivity contribution in [1.29, 1.82) is 0 Å². The Balaban J connectivity index is 2.23. The van der Waals surface area contributed by atoms with Crippen molar-refractivity contribution in [3.63, 3.8) is 0 Å². The highest BCUT2D eigenvalue weighted by atomic mass is 16.5. The van der Waals surface area contributed by atoms with Crippen LogP contribution < -0.4 is 0 Å². The Bertz CT molecular complexity index is 724. The van der Waals surface area contributed by atoms with Crippen molar-refractivity contribution in [1.82, 2.24) is 19.2 Å².